The molecule has 2 heteroatoms. The molecule has 0 fully saturated rings. The second-order valence-electron chi connectivity index (χ2n) is 2.99. The fourth-order valence-electron chi connectivity index (χ4n) is 0.949. The lowest BCUT2D eigenvalue weighted by atomic mass is 9.99. The Morgan fingerprint density at radius 1 is 1.27 bits per heavy atom. The van der Waals surface area contributed by atoms with E-state index >= 15 is 0 Å². The first-order valence-corrected chi connectivity index (χ1v) is 4.55. The van der Waals surface area contributed by atoms with E-state index in [1.54, 1.807) is 13.8 Å². The molecular formula is C9H10IO. The molecule has 59 valence electrons. The molecule has 0 aromatic heterocycles. The van der Waals surface area contributed by atoms with E-state index in [1.807, 2.05) is 24.3 Å². The van der Waals surface area contributed by atoms with E-state index in [0.29, 0.717) is 0 Å². The first-order chi connectivity index (χ1) is 5.02. The summed E-state index contributed by atoms with van der Waals surface area (Å²) in [6.07, 6.45) is 0. The van der Waals surface area contributed by atoms with Crippen molar-refractivity contribution in [1.82, 2.24) is 0 Å². The van der Waals surface area contributed by atoms with Crippen molar-refractivity contribution >= 4 is 22.6 Å². The van der Waals surface area contributed by atoms with Crippen molar-refractivity contribution in [2.75, 3.05) is 0 Å². The molecule has 0 aliphatic rings. The SMILES string of the molecule is CC(C)([O])c1ccccc1I. The summed E-state index contributed by atoms with van der Waals surface area (Å²) < 4.78 is 1.05. The summed E-state index contributed by atoms with van der Waals surface area (Å²) in [5.74, 6) is 0. The zero-order chi connectivity index (χ0) is 8.48. The van der Waals surface area contributed by atoms with E-state index in [2.05, 4.69) is 22.6 Å². The average Bonchev–Trinajstić information content (AvgIpc) is 1.86. The maximum atomic E-state index is 11.5. The Morgan fingerprint density at radius 2 is 1.82 bits per heavy atom. The minimum absolute atomic E-state index is 0.876. The van der Waals surface area contributed by atoms with Crippen LogP contribution in [0.25, 0.3) is 0 Å². The first kappa shape index (κ1) is 9.00. The summed E-state index contributed by atoms with van der Waals surface area (Å²) in [6, 6.07) is 7.68. The summed E-state index contributed by atoms with van der Waals surface area (Å²) in [6.45, 7) is 3.37. The predicted molar refractivity (Wildman–Crippen MR) is 52.9 cm³/mol. The van der Waals surface area contributed by atoms with Crippen LogP contribution in [0, 0.1) is 3.57 Å². The molecule has 0 aliphatic carbocycles. The third-order valence-electron chi connectivity index (χ3n) is 1.52. The minimum atomic E-state index is -0.974. The van der Waals surface area contributed by atoms with Crippen molar-refractivity contribution in [1.29, 1.82) is 0 Å². The zero-order valence-electron chi connectivity index (χ0n) is 6.60. The highest BCUT2D eigenvalue weighted by atomic mass is 127. The van der Waals surface area contributed by atoms with Crippen molar-refractivity contribution in [2.45, 2.75) is 19.4 Å². The van der Waals surface area contributed by atoms with Crippen molar-refractivity contribution in [3.8, 4) is 0 Å². The largest absolute Gasteiger partial charge is 0.225 e. The molecule has 1 radical (unpaired) electrons. The molecule has 0 saturated carbocycles. The fourth-order valence-corrected chi connectivity index (χ4v) is 1.99. The Labute approximate surface area is 80.6 Å². The number of hydrogen-bond donors (Lipinski definition) is 0. The second-order valence-corrected chi connectivity index (χ2v) is 4.15. The van der Waals surface area contributed by atoms with Crippen molar-refractivity contribution in [3.63, 3.8) is 0 Å². The molecule has 11 heavy (non-hydrogen) atoms. The van der Waals surface area contributed by atoms with Crippen LogP contribution < -0.4 is 0 Å². The average molecular weight is 261 g/mol. The molecule has 0 spiro atoms. The molecule has 0 aliphatic heterocycles. The molecule has 0 atom stereocenters. The van der Waals surface area contributed by atoms with Gasteiger partial charge in [0, 0.05) is 3.57 Å². The highest BCUT2D eigenvalue weighted by molar-refractivity contribution is 14.1. The molecule has 1 aromatic rings. The molecule has 0 N–H and O–H groups in total. The molecule has 0 amide bonds. The summed E-state index contributed by atoms with van der Waals surface area (Å²) >= 11 is 2.19. The molecule has 1 rings (SSSR count). The van der Waals surface area contributed by atoms with Crippen LogP contribution in [0.4, 0.5) is 0 Å². The molecule has 0 saturated heterocycles. The summed E-state index contributed by atoms with van der Waals surface area (Å²) in [4.78, 5) is 0. The van der Waals surface area contributed by atoms with E-state index in [1.165, 1.54) is 0 Å². The van der Waals surface area contributed by atoms with Gasteiger partial charge in [0.25, 0.3) is 0 Å². The van der Waals surface area contributed by atoms with E-state index in [0.717, 1.165) is 9.13 Å². The lowest BCUT2D eigenvalue weighted by Crippen LogP contribution is -2.14. The fraction of sp³-hybridized carbons (Fsp3) is 0.333. The van der Waals surface area contributed by atoms with Crippen LogP contribution in [0.3, 0.4) is 0 Å². The predicted octanol–water partition coefficient (Wildman–Crippen LogP) is 2.96. The van der Waals surface area contributed by atoms with E-state index in [-0.39, 0.29) is 0 Å². The van der Waals surface area contributed by atoms with Crippen LogP contribution in [-0.2, 0) is 10.7 Å². The molecule has 1 nitrogen and oxygen atoms in total. The van der Waals surface area contributed by atoms with Crippen LogP contribution in [0.1, 0.15) is 19.4 Å². The van der Waals surface area contributed by atoms with E-state index < -0.39 is 5.60 Å². The Kier molecular flexibility index (Phi) is 2.54. The smallest absolute Gasteiger partial charge is 0.124 e. The van der Waals surface area contributed by atoms with Crippen LogP contribution in [0.15, 0.2) is 24.3 Å². The van der Waals surface area contributed by atoms with Crippen molar-refractivity contribution < 1.29 is 5.11 Å². The third kappa shape index (κ3) is 2.17. The van der Waals surface area contributed by atoms with Gasteiger partial charge in [0.15, 0.2) is 0 Å². The van der Waals surface area contributed by atoms with Crippen LogP contribution in [0.2, 0.25) is 0 Å². The molecule has 0 heterocycles. The van der Waals surface area contributed by atoms with Gasteiger partial charge in [-0.05, 0) is 48.1 Å². The van der Waals surface area contributed by atoms with Crippen molar-refractivity contribution in [3.05, 3.63) is 33.4 Å². The third-order valence-corrected chi connectivity index (χ3v) is 2.46. The number of halogens is 1. The number of rotatable bonds is 1. The normalized spacial score (nSPS) is 11.6. The molecule has 0 bridgehead atoms. The Morgan fingerprint density at radius 3 is 2.18 bits per heavy atom. The maximum absolute atomic E-state index is 11.5. The molecule has 0 unspecified atom stereocenters. The zero-order valence-corrected chi connectivity index (χ0v) is 8.75. The Hall–Kier alpha value is -0.0900. The van der Waals surface area contributed by atoms with Gasteiger partial charge in [-0.2, -0.15) is 0 Å². The van der Waals surface area contributed by atoms with Gasteiger partial charge in [-0.1, -0.05) is 18.2 Å². The van der Waals surface area contributed by atoms with Gasteiger partial charge in [-0.15, -0.1) is 0 Å². The maximum Gasteiger partial charge on any atom is 0.124 e. The lowest BCUT2D eigenvalue weighted by Gasteiger charge is -2.15. The quantitative estimate of drug-likeness (QED) is 0.692. The standard InChI is InChI=1S/C9H10IO/c1-9(2,11)7-5-3-4-6-8(7)10/h3-6H,1-2H3. The van der Waals surface area contributed by atoms with E-state index in [9.17, 15) is 5.11 Å². The van der Waals surface area contributed by atoms with Crippen LogP contribution >= 0.6 is 22.6 Å². The van der Waals surface area contributed by atoms with Gasteiger partial charge < -0.3 is 0 Å². The lowest BCUT2D eigenvalue weighted by molar-refractivity contribution is -0.000813. The summed E-state index contributed by atoms with van der Waals surface area (Å²) in [5, 5.41) is 11.5. The van der Waals surface area contributed by atoms with Gasteiger partial charge >= 0.3 is 0 Å². The highest BCUT2D eigenvalue weighted by Gasteiger charge is 2.20. The van der Waals surface area contributed by atoms with Crippen LogP contribution in [-0.4, -0.2) is 0 Å². The van der Waals surface area contributed by atoms with Crippen molar-refractivity contribution in [2.24, 2.45) is 0 Å². The van der Waals surface area contributed by atoms with Gasteiger partial charge in [0.2, 0.25) is 0 Å². The molecular weight excluding hydrogens is 251 g/mol. The van der Waals surface area contributed by atoms with Crippen LogP contribution in [0.5, 0.6) is 0 Å². The summed E-state index contributed by atoms with van der Waals surface area (Å²) in [5.41, 5.74) is -0.0989. The highest BCUT2D eigenvalue weighted by Crippen LogP contribution is 2.24. The number of hydrogen-bond acceptors (Lipinski definition) is 0. The summed E-state index contributed by atoms with van der Waals surface area (Å²) in [7, 11) is 0. The minimum Gasteiger partial charge on any atom is -0.225 e. The Bertz CT molecular complexity index is 250. The van der Waals surface area contributed by atoms with Gasteiger partial charge in [-0.3, -0.25) is 0 Å². The second kappa shape index (κ2) is 3.11. The van der Waals surface area contributed by atoms with Gasteiger partial charge in [0.05, 0.1) is 0 Å². The Balaban J connectivity index is 3.14. The van der Waals surface area contributed by atoms with E-state index in [4.69, 9.17) is 0 Å². The first-order valence-electron chi connectivity index (χ1n) is 3.47. The molecule has 1 aromatic carbocycles. The monoisotopic (exact) mass is 261 g/mol. The number of benzene rings is 1. The topological polar surface area (TPSA) is 19.9 Å². The van der Waals surface area contributed by atoms with Gasteiger partial charge in [-0.25, -0.2) is 5.11 Å². The van der Waals surface area contributed by atoms with Gasteiger partial charge in [0.1, 0.15) is 5.60 Å².